The average molecular weight is 349 g/mol. The van der Waals surface area contributed by atoms with Gasteiger partial charge in [0.15, 0.2) is 0 Å². The van der Waals surface area contributed by atoms with Gasteiger partial charge in [-0.3, -0.25) is 4.79 Å². The molecule has 1 N–H and O–H groups in total. The first-order valence-electron chi connectivity index (χ1n) is 5.00. The third-order valence-electron chi connectivity index (χ3n) is 2.15. The number of aryl methyl sites for hydroxylation is 1. The van der Waals surface area contributed by atoms with E-state index in [2.05, 4.69) is 37.2 Å². The Bertz CT molecular complexity index is 402. The minimum Gasteiger partial charge on any atom is -0.346 e. The quantitative estimate of drug-likeness (QED) is 0.830. The summed E-state index contributed by atoms with van der Waals surface area (Å²) in [6.45, 7) is 5.92. The maximum Gasteiger partial charge on any atom is 0.252 e. The number of halogens is 2. The summed E-state index contributed by atoms with van der Waals surface area (Å²) in [6, 6.07) is 5.74. The van der Waals surface area contributed by atoms with Crippen molar-refractivity contribution in [1.29, 1.82) is 0 Å². The van der Waals surface area contributed by atoms with E-state index in [9.17, 15) is 4.79 Å². The molecule has 2 nitrogen and oxygen atoms in total. The van der Waals surface area contributed by atoms with Gasteiger partial charge >= 0.3 is 0 Å². The van der Waals surface area contributed by atoms with Crippen LogP contribution in [0.25, 0.3) is 0 Å². The molecule has 0 aliphatic carbocycles. The zero-order valence-corrected chi connectivity index (χ0v) is 12.8. The molecule has 0 unspecified atom stereocenters. The lowest BCUT2D eigenvalue weighted by molar-refractivity contribution is 0.0920. The maximum atomic E-state index is 12.0. The molecule has 0 aliphatic heterocycles. The summed E-state index contributed by atoms with van der Waals surface area (Å²) < 4.78 is 0.820. The Morgan fingerprint density at radius 1 is 1.44 bits per heavy atom. The van der Waals surface area contributed by atoms with Gasteiger partial charge in [0.25, 0.3) is 5.91 Å². The van der Waals surface area contributed by atoms with Crippen molar-refractivity contribution in [3.05, 3.63) is 33.8 Å². The first-order chi connectivity index (χ1) is 7.35. The lowest BCUT2D eigenvalue weighted by Crippen LogP contribution is -2.44. The largest absolute Gasteiger partial charge is 0.346 e. The molecule has 0 saturated heterocycles. The van der Waals surface area contributed by atoms with Crippen LogP contribution in [-0.2, 0) is 0 Å². The minimum atomic E-state index is -0.250. The van der Waals surface area contributed by atoms with Gasteiger partial charge in [-0.25, -0.2) is 0 Å². The van der Waals surface area contributed by atoms with Gasteiger partial charge in [-0.15, -0.1) is 0 Å². The van der Waals surface area contributed by atoms with Gasteiger partial charge in [0.05, 0.1) is 5.56 Å². The molecule has 0 aromatic heterocycles. The highest BCUT2D eigenvalue weighted by molar-refractivity contribution is 9.10. The summed E-state index contributed by atoms with van der Waals surface area (Å²) in [4.78, 5) is 12.0. The van der Waals surface area contributed by atoms with Crippen LogP contribution >= 0.6 is 31.9 Å². The van der Waals surface area contributed by atoms with E-state index in [-0.39, 0.29) is 11.4 Å². The van der Waals surface area contributed by atoms with E-state index in [0.29, 0.717) is 5.56 Å². The normalized spacial score (nSPS) is 11.3. The maximum absolute atomic E-state index is 12.0. The zero-order valence-electron chi connectivity index (χ0n) is 9.60. The molecule has 0 atom stereocenters. The summed E-state index contributed by atoms with van der Waals surface area (Å²) in [5.74, 6) is -0.0555. The Balaban J connectivity index is 2.93. The fourth-order valence-corrected chi connectivity index (χ4v) is 1.79. The third-order valence-corrected chi connectivity index (χ3v) is 4.25. The van der Waals surface area contributed by atoms with Gasteiger partial charge in [0, 0.05) is 15.3 Å². The summed E-state index contributed by atoms with van der Waals surface area (Å²) in [5, 5.41) is 3.69. The fraction of sp³-hybridized carbons (Fsp3) is 0.417. The number of alkyl halides is 1. The van der Waals surface area contributed by atoms with Gasteiger partial charge in [0.2, 0.25) is 0 Å². The first-order valence-corrected chi connectivity index (χ1v) is 6.92. The molecule has 0 saturated carbocycles. The Morgan fingerprint density at radius 2 is 2.06 bits per heavy atom. The van der Waals surface area contributed by atoms with Crippen LogP contribution in [0.15, 0.2) is 22.7 Å². The zero-order chi connectivity index (χ0) is 12.3. The second-order valence-corrected chi connectivity index (χ2v) is 5.87. The summed E-state index contributed by atoms with van der Waals surface area (Å²) in [5.41, 5.74) is 1.50. The monoisotopic (exact) mass is 347 g/mol. The van der Waals surface area contributed by atoms with Gasteiger partial charge in [-0.1, -0.05) is 27.6 Å². The molecule has 0 fully saturated rings. The average Bonchev–Trinajstić information content (AvgIpc) is 2.21. The van der Waals surface area contributed by atoms with Crippen LogP contribution < -0.4 is 5.32 Å². The molecule has 0 radical (unpaired) electrons. The van der Waals surface area contributed by atoms with Crippen molar-refractivity contribution in [1.82, 2.24) is 5.32 Å². The summed E-state index contributed by atoms with van der Waals surface area (Å²) in [6.07, 6.45) is 0. The Labute approximate surface area is 113 Å². The van der Waals surface area contributed by atoms with E-state index in [1.165, 1.54) is 0 Å². The topological polar surface area (TPSA) is 29.1 Å². The predicted octanol–water partition coefficient (Wildman–Crippen LogP) is 3.66. The molecule has 1 rings (SSSR count). The highest BCUT2D eigenvalue weighted by Crippen LogP contribution is 2.19. The summed E-state index contributed by atoms with van der Waals surface area (Å²) in [7, 11) is 0. The molecule has 1 aromatic carbocycles. The van der Waals surface area contributed by atoms with Crippen LogP contribution in [0.2, 0.25) is 0 Å². The molecular formula is C12H15Br2NO. The first kappa shape index (κ1) is 13.7. The molecule has 0 heterocycles. The molecular weight excluding hydrogens is 334 g/mol. The number of nitrogens with one attached hydrogen (secondary N) is 1. The molecule has 1 aromatic rings. The van der Waals surface area contributed by atoms with Gasteiger partial charge in [0.1, 0.15) is 0 Å². The highest BCUT2D eigenvalue weighted by Gasteiger charge is 2.20. The van der Waals surface area contributed by atoms with Gasteiger partial charge < -0.3 is 5.32 Å². The highest BCUT2D eigenvalue weighted by atomic mass is 79.9. The lowest BCUT2D eigenvalue weighted by atomic mass is 10.1. The summed E-state index contributed by atoms with van der Waals surface area (Å²) >= 11 is 6.77. The van der Waals surface area contributed by atoms with Crippen LogP contribution in [-0.4, -0.2) is 16.8 Å². The van der Waals surface area contributed by atoms with Crippen molar-refractivity contribution in [3.63, 3.8) is 0 Å². The Morgan fingerprint density at radius 3 is 2.62 bits per heavy atom. The number of rotatable bonds is 3. The number of benzene rings is 1. The SMILES string of the molecule is Cc1ccc(Br)c(C(=O)NC(C)(C)CBr)c1. The molecule has 0 spiro atoms. The second kappa shape index (κ2) is 5.32. The van der Waals surface area contributed by atoms with Crippen molar-refractivity contribution in [2.75, 3.05) is 5.33 Å². The number of carbonyl (C=O) groups excluding carboxylic acids is 1. The van der Waals surface area contributed by atoms with Crippen LogP contribution in [0.1, 0.15) is 29.8 Å². The van der Waals surface area contributed by atoms with E-state index in [1.807, 2.05) is 39.0 Å². The number of carbonyl (C=O) groups is 1. The van der Waals surface area contributed by atoms with Crippen molar-refractivity contribution < 1.29 is 4.79 Å². The fourth-order valence-electron chi connectivity index (χ4n) is 1.22. The number of hydrogen-bond acceptors (Lipinski definition) is 1. The van der Waals surface area contributed by atoms with E-state index < -0.39 is 0 Å². The minimum absolute atomic E-state index is 0.0555. The van der Waals surface area contributed by atoms with Crippen LogP contribution in [0.3, 0.4) is 0 Å². The third kappa shape index (κ3) is 3.59. The van der Waals surface area contributed by atoms with Crippen molar-refractivity contribution in [2.45, 2.75) is 26.3 Å². The van der Waals surface area contributed by atoms with Crippen molar-refractivity contribution >= 4 is 37.8 Å². The van der Waals surface area contributed by atoms with Crippen molar-refractivity contribution in [3.8, 4) is 0 Å². The molecule has 0 aliphatic rings. The number of hydrogen-bond donors (Lipinski definition) is 1. The Kier molecular flexibility index (Phi) is 4.56. The second-order valence-electron chi connectivity index (χ2n) is 4.45. The standard InChI is InChI=1S/C12H15Br2NO/c1-8-4-5-10(14)9(6-8)11(16)15-12(2,3)7-13/h4-6H,7H2,1-3H3,(H,15,16). The Hall–Kier alpha value is -0.350. The molecule has 0 bridgehead atoms. The van der Waals surface area contributed by atoms with E-state index in [4.69, 9.17) is 0 Å². The molecule has 1 amide bonds. The molecule has 4 heteroatoms. The van der Waals surface area contributed by atoms with Gasteiger partial charge in [-0.2, -0.15) is 0 Å². The molecule has 16 heavy (non-hydrogen) atoms. The van der Waals surface area contributed by atoms with Crippen LogP contribution in [0.4, 0.5) is 0 Å². The lowest BCUT2D eigenvalue weighted by Gasteiger charge is -2.23. The van der Waals surface area contributed by atoms with Gasteiger partial charge in [-0.05, 0) is 48.8 Å². The van der Waals surface area contributed by atoms with Crippen LogP contribution in [0.5, 0.6) is 0 Å². The smallest absolute Gasteiger partial charge is 0.252 e. The number of amides is 1. The van der Waals surface area contributed by atoms with E-state index in [1.54, 1.807) is 0 Å². The molecule has 88 valence electrons. The van der Waals surface area contributed by atoms with E-state index in [0.717, 1.165) is 15.4 Å². The van der Waals surface area contributed by atoms with E-state index >= 15 is 0 Å². The predicted molar refractivity (Wildman–Crippen MR) is 74.2 cm³/mol. The van der Waals surface area contributed by atoms with Crippen LogP contribution in [0, 0.1) is 6.92 Å². The van der Waals surface area contributed by atoms with Crippen molar-refractivity contribution in [2.24, 2.45) is 0 Å².